The summed E-state index contributed by atoms with van der Waals surface area (Å²) in [5.74, 6) is 4.89. The quantitative estimate of drug-likeness (QED) is 0.669. The first kappa shape index (κ1) is 16.7. The first-order valence-electron chi connectivity index (χ1n) is 6.66. The minimum absolute atomic E-state index is 0.0234. The molecule has 2 amide bonds. The Bertz CT molecular complexity index is 559. The number of rotatable bonds is 5. The van der Waals surface area contributed by atoms with Crippen LogP contribution in [0.15, 0.2) is 18.5 Å². The zero-order valence-electron chi connectivity index (χ0n) is 12.1. The van der Waals surface area contributed by atoms with Gasteiger partial charge in [-0.25, -0.2) is 0 Å². The zero-order valence-corrected chi connectivity index (χ0v) is 12.1. The van der Waals surface area contributed by atoms with Crippen LogP contribution in [0.3, 0.4) is 0 Å². The molecule has 0 saturated carbocycles. The lowest BCUT2D eigenvalue weighted by Gasteiger charge is -2.09. The van der Waals surface area contributed by atoms with E-state index in [-0.39, 0.29) is 31.0 Å². The van der Waals surface area contributed by atoms with Crippen molar-refractivity contribution in [3.8, 4) is 11.8 Å². The first-order valence-corrected chi connectivity index (χ1v) is 6.66. The molecule has 6 nitrogen and oxygen atoms in total. The van der Waals surface area contributed by atoms with Gasteiger partial charge in [0.2, 0.25) is 5.91 Å². The van der Waals surface area contributed by atoms with E-state index >= 15 is 0 Å². The van der Waals surface area contributed by atoms with Gasteiger partial charge < -0.3 is 15.7 Å². The average molecular weight is 289 g/mol. The predicted octanol–water partition coefficient (Wildman–Crippen LogP) is 0.0699. The van der Waals surface area contributed by atoms with Crippen LogP contribution in [-0.4, -0.2) is 41.1 Å². The lowest BCUT2D eigenvalue weighted by molar-refractivity contribution is -0.120. The van der Waals surface area contributed by atoms with Crippen molar-refractivity contribution in [2.24, 2.45) is 0 Å². The van der Waals surface area contributed by atoms with Crippen LogP contribution in [-0.2, 0) is 4.79 Å². The molecule has 0 bridgehead atoms. The number of nitrogens with one attached hydrogen (secondary N) is 2. The maximum absolute atomic E-state index is 12.1. The number of carbonyl (C=O) groups excluding carboxylic acids is 2. The van der Waals surface area contributed by atoms with Crippen molar-refractivity contribution in [1.29, 1.82) is 0 Å². The maximum atomic E-state index is 12.1. The minimum atomic E-state index is -0.385. The summed E-state index contributed by atoms with van der Waals surface area (Å²) in [4.78, 5) is 27.5. The molecule has 0 radical (unpaired) electrons. The summed E-state index contributed by atoms with van der Waals surface area (Å²) < 4.78 is 0. The van der Waals surface area contributed by atoms with Crippen LogP contribution >= 0.6 is 0 Å². The molecular weight excluding hydrogens is 270 g/mol. The zero-order chi connectivity index (χ0) is 15.7. The molecule has 0 atom stereocenters. The third kappa shape index (κ3) is 6.06. The summed E-state index contributed by atoms with van der Waals surface area (Å²) in [6.45, 7) is 3.56. The number of nitrogens with zero attached hydrogens (tertiary/aromatic N) is 1. The Labute approximate surface area is 124 Å². The van der Waals surface area contributed by atoms with Gasteiger partial charge >= 0.3 is 0 Å². The van der Waals surface area contributed by atoms with E-state index in [0.29, 0.717) is 17.5 Å². The van der Waals surface area contributed by atoms with E-state index in [2.05, 4.69) is 27.5 Å². The predicted molar refractivity (Wildman–Crippen MR) is 78.4 cm³/mol. The van der Waals surface area contributed by atoms with E-state index in [0.717, 1.165) is 0 Å². The van der Waals surface area contributed by atoms with Crippen LogP contribution in [0.4, 0.5) is 0 Å². The number of hydrogen-bond donors (Lipinski definition) is 3. The summed E-state index contributed by atoms with van der Waals surface area (Å²) in [7, 11) is 0. The van der Waals surface area contributed by atoms with Gasteiger partial charge in [-0.3, -0.25) is 14.6 Å². The molecule has 0 spiro atoms. The molecule has 0 fully saturated rings. The highest BCUT2D eigenvalue weighted by molar-refractivity contribution is 5.98. The normalized spacial score (nSPS) is 9.71. The second-order valence-corrected chi connectivity index (χ2v) is 4.60. The van der Waals surface area contributed by atoms with Crippen LogP contribution in [0, 0.1) is 11.8 Å². The Hall–Kier alpha value is -2.39. The minimum Gasteiger partial charge on any atom is -0.395 e. The number of amides is 2. The van der Waals surface area contributed by atoms with Crippen molar-refractivity contribution >= 4 is 11.8 Å². The summed E-state index contributed by atoms with van der Waals surface area (Å²) in [5.41, 5.74) is 0.820. The average Bonchev–Trinajstić information content (AvgIpc) is 2.45. The molecule has 21 heavy (non-hydrogen) atoms. The maximum Gasteiger partial charge on any atom is 0.253 e. The number of aromatic nitrogens is 1. The van der Waals surface area contributed by atoms with Crippen LogP contribution < -0.4 is 10.6 Å². The highest BCUT2D eigenvalue weighted by atomic mass is 16.2. The Morgan fingerprint density at radius 1 is 1.43 bits per heavy atom. The topological polar surface area (TPSA) is 91.3 Å². The van der Waals surface area contributed by atoms with Crippen LogP contribution in [0.2, 0.25) is 0 Å². The molecule has 0 aliphatic carbocycles. The van der Waals surface area contributed by atoms with Crippen molar-refractivity contribution in [2.75, 3.05) is 13.2 Å². The third-order valence-corrected chi connectivity index (χ3v) is 2.38. The lowest BCUT2D eigenvalue weighted by Crippen LogP contribution is -2.40. The van der Waals surface area contributed by atoms with Gasteiger partial charge in [0.15, 0.2) is 0 Å². The molecule has 6 heteroatoms. The fourth-order valence-corrected chi connectivity index (χ4v) is 1.53. The molecule has 1 rings (SSSR count). The highest BCUT2D eigenvalue weighted by Gasteiger charge is 2.11. The SMILES string of the molecule is CC(C)NC(=O)CNC(=O)c1ccncc1C#CCCO. The summed E-state index contributed by atoms with van der Waals surface area (Å²) in [6, 6.07) is 1.56. The van der Waals surface area contributed by atoms with Gasteiger partial charge in [-0.05, 0) is 19.9 Å². The standard InChI is InChI=1S/C15H19N3O3/c1-11(2)18-14(20)10-17-15(21)13-6-7-16-9-12(13)5-3-4-8-19/h6-7,9,11,19H,4,8,10H2,1-2H3,(H,17,21)(H,18,20). The second-order valence-electron chi connectivity index (χ2n) is 4.60. The molecule has 0 unspecified atom stereocenters. The second kappa shape index (κ2) is 8.72. The number of pyridine rings is 1. The highest BCUT2D eigenvalue weighted by Crippen LogP contribution is 2.05. The van der Waals surface area contributed by atoms with Gasteiger partial charge in [0.1, 0.15) is 0 Å². The summed E-state index contributed by atoms with van der Waals surface area (Å²) >= 11 is 0. The van der Waals surface area contributed by atoms with Gasteiger partial charge in [0.05, 0.1) is 24.3 Å². The van der Waals surface area contributed by atoms with Crippen molar-refractivity contribution < 1.29 is 14.7 Å². The van der Waals surface area contributed by atoms with Crippen LogP contribution in [0.25, 0.3) is 0 Å². The lowest BCUT2D eigenvalue weighted by atomic mass is 10.1. The monoisotopic (exact) mass is 289 g/mol. The van der Waals surface area contributed by atoms with E-state index in [1.54, 1.807) is 6.07 Å². The van der Waals surface area contributed by atoms with E-state index in [1.807, 2.05) is 13.8 Å². The Morgan fingerprint density at radius 3 is 2.86 bits per heavy atom. The molecule has 1 aromatic rings. The summed E-state index contributed by atoms with van der Waals surface area (Å²) in [6.07, 6.45) is 3.29. The molecule has 1 aromatic heterocycles. The number of aliphatic hydroxyl groups excluding tert-OH is 1. The van der Waals surface area contributed by atoms with Gasteiger partial charge in [-0.15, -0.1) is 0 Å². The van der Waals surface area contributed by atoms with E-state index < -0.39 is 0 Å². The smallest absolute Gasteiger partial charge is 0.253 e. The fraction of sp³-hybridized carbons (Fsp3) is 0.400. The molecule has 0 saturated heterocycles. The number of carbonyl (C=O) groups is 2. The number of aliphatic hydroxyl groups is 1. The Kier molecular flexibility index (Phi) is 6.92. The van der Waals surface area contributed by atoms with E-state index in [9.17, 15) is 9.59 Å². The van der Waals surface area contributed by atoms with Gasteiger partial charge in [0.25, 0.3) is 5.91 Å². The van der Waals surface area contributed by atoms with Gasteiger partial charge in [-0.2, -0.15) is 0 Å². The molecule has 1 heterocycles. The van der Waals surface area contributed by atoms with Crippen molar-refractivity contribution in [2.45, 2.75) is 26.3 Å². The van der Waals surface area contributed by atoms with Crippen molar-refractivity contribution in [1.82, 2.24) is 15.6 Å². The van der Waals surface area contributed by atoms with Gasteiger partial charge in [-0.1, -0.05) is 11.8 Å². The molecular formula is C15H19N3O3. The van der Waals surface area contributed by atoms with Crippen LogP contribution in [0.1, 0.15) is 36.2 Å². The molecule has 0 aromatic carbocycles. The Morgan fingerprint density at radius 2 is 2.19 bits per heavy atom. The van der Waals surface area contributed by atoms with Gasteiger partial charge in [0, 0.05) is 24.9 Å². The fourth-order valence-electron chi connectivity index (χ4n) is 1.53. The van der Waals surface area contributed by atoms with E-state index in [1.165, 1.54) is 12.4 Å². The molecule has 112 valence electrons. The molecule has 0 aliphatic heterocycles. The van der Waals surface area contributed by atoms with Crippen molar-refractivity contribution in [3.63, 3.8) is 0 Å². The van der Waals surface area contributed by atoms with E-state index in [4.69, 9.17) is 5.11 Å². The number of hydrogen-bond acceptors (Lipinski definition) is 4. The molecule has 0 aliphatic rings. The largest absolute Gasteiger partial charge is 0.395 e. The Balaban J connectivity index is 2.70. The van der Waals surface area contributed by atoms with Crippen LogP contribution in [0.5, 0.6) is 0 Å². The molecule has 3 N–H and O–H groups in total. The summed E-state index contributed by atoms with van der Waals surface area (Å²) in [5, 5.41) is 13.9. The third-order valence-electron chi connectivity index (χ3n) is 2.38. The first-order chi connectivity index (χ1) is 10.0. The van der Waals surface area contributed by atoms with Crippen molar-refractivity contribution in [3.05, 3.63) is 29.6 Å².